The van der Waals surface area contributed by atoms with Gasteiger partial charge in [-0.05, 0) is 54.4 Å². The molecule has 116 valence electrons. The topological polar surface area (TPSA) is 35.6 Å². The highest BCUT2D eigenvalue weighted by Gasteiger charge is 2.22. The highest BCUT2D eigenvalue weighted by atomic mass is 79.9. The number of nitrogens with one attached hydrogen (secondary N) is 1. The van der Waals surface area contributed by atoms with Crippen LogP contribution in [-0.2, 0) is 0 Å². The average molecular weight is 375 g/mol. The van der Waals surface area contributed by atoms with Gasteiger partial charge in [-0.15, -0.1) is 0 Å². The largest absolute Gasteiger partial charge is 0.322 e. The minimum Gasteiger partial charge on any atom is -0.322 e. The molecule has 1 aromatic carbocycles. The molecule has 1 aliphatic heterocycles. The standard InChI is InChI=1S/C15H21BrClN3O/c1-10(2)19-4-6-20(7-5-19)15(21)18-14-9-13(17)12(16)8-11(14)3/h8-10H,4-7H2,1-3H3,(H,18,21). The van der Waals surface area contributed by atoms with E-state index in [0.717, 1.165) is 41.9 Å². The Bertz CT molecular complexity index is 528. The van der Waals surface area contributed by atoms with Crippen molar-refractivity contribution in [3.05, 3.63) is 27.2 Å². The summed E-state index contributed by atoms with van der Waals surface area (Å²) < 4.78 is 0.838. The molecule has 1 fully saturated rings. The molecule has 6 heteroatoms. The van der Waals surface area contributed by atoms with Crippen LogP contribution in [0.15, 0.2) is 16.6 Å². The second kappa shape index (κ2) is 6.99. The maximum atomic E-state index is 12.3. The second-order valence-electron chi connectivity index (χ2n) is 5.63. The fourth-order valence-electron chi connectivity index (χ4n) is 2.42. The van der Waals surface area contributed by atoms with E-state index in [1.54, 1.807) is 6.07 Å². The quantitative estimate of drug-likeness (QED) is 0.850. The summed E-state index contributed by atoms with van der Waals surface area (Å²) in [4.78, 5) is 16.6. The van der Waals surface area contributed by atoms with Gasteiger partial charge >= 0.3 is 6.03 Å². The molecule has 1 N–H and O–H groups in total. The predicted molar refractivity (Wildman–Crippen MR) is 91.2 cm³/mol. The van der Waals surface area contributed by atoms with Crippen LogP contribution in [0.4, 0.5) is 10.5 Å². The maximum Gasteiger partial charge on any atom is 0.321 e. The molecule has 0 spiro atoms. The summed E-state index contributed by atoms with van der Waals surface area (Å²) in [6.45, 7) is 9.68. The van der Waals surface area contributed by atoms with E-state index in [4.69, 9.17) is 11.6 Å². The molecule has 2 amide bonds. The third kappa shape index (κ3) is 4.11. The minimum atomic E-state index is -0.0557. The first-order chi connectivity index (χ1) is 9.88. The van der Waals surface area contributed by atoms with Crippen LogP contribution in [0.5, 0.6) is 0 Å². The molecule has 0 aliphatic carbocycles. The van der Waals surface area contributed by atoms with Crippen molar-refractivity contribution in [3.63, 3.8) is 0 Å². The van der Waals surface area contributed by atoms with E-state index in [0.29, 0.717) is 11.1 Å². The fraction of sp³-hybridized carbons (Fsp3) is 0.533. The lowest BCUT2D eigenvalue weighted by atomic mass is 10.2. The number of carbonyl (C=O) groups is 1. The normalized spacial score (nSPS) is 16.4. The van der Waals surface area contributed by atoms with Crippen molar-refractivity contribution >= 4 is 39.2 Å². The van der Waals surface area contributed by atoms with Gasteiger partial charge in [0.1, 0.15) is 0 Å². The number of halogens is 2. The van der Waals surface area contributed by atoms with Crippen LogP contribution in [0.3, 0.4) is 0 Å². The van der Waals surface area contributed by atoms with Crippen LogP contribution in [-0.4, -0.2) is 48.1 Å². The summed E-state index contributed by atoms with van der Waals surface area (Å²) in [5.41, 5.74) is 1.75. The van der Waals surface area contributed by atoms with Crippen molar-refractivity contribution in [2.75, 3.05) is 31.5 Å². The zero-order chi connectivity index (χ0) is 15.6. The van der Waals surface area contributed by atoms with Gasteiger partial charge in [0.25, 0.3) is 0 Å². The Balaban J connectivity index is 1.98. The molecule has 1 heterocycles. The van der Waals surface area contributed by atoms with E-state index in [9.17, 15) is 4.79 Å². The third-order valence-electron chi connectivity index (χ3n) is 3.84. The van der Waals surface area contributed by atoms with E-state index in [1.165, 1.54) is 0 Å². The molecule has 0 unspecified atom stereocenters. The van der Waals surface area contributed by atoms with Crippen LogP contribution in [0.2, 0.25) is 5.02 Å². The number of amides is 2. The molecule has 1 aromatic rings. The average Bonchev–Trinajstić information content (AvgIpc) is 2.44. The number of nitrogens with zero attached hydrogens (tertiary/aromatic N) is 2. The van der Waals surface area contributed by atoms with Crippen LogP contribution >= 0.6 is 27.5 Å². The van der Waals surface area contributed by atoms with Gasteiger partial charge in [-0.25, -0.2) is 4.79 Å². The Kier molecular flexibility index (Phi) is 5.52. The molecular weight excluding hydrogens is 354 g/mol. The highest BCUT2D eigenvalue weighted by molar-refractivity contribution is 9.10. The lowest BCUT2D eigenvalue weighted by Crippen LogP contribution is -2.51. The van der Waals surface area contributed by atoms with E-state index in [1.807, 2.05) is 17.9 Å². The van der Waals surface area contributed by atoms with E-state index >= 15 is 0 Å². The van der Waals surface area contributed by atoms with Crippen molar-refractivity contribution in [2.24, 2.45) is 0 Å². The van der Waals surface area contributed by atoms with Gasteiger partial charge < -0.3 is 10.2 Å². The predicted octanol–water partition coefficient (Wildman–Crippen LogP) is 3.97. The van der Waals surface area contributed by atoms with Crippen LogP contribution in [0.25, 0.3) is 0 Å². The van der Waals surface area contributed by atoms with Crippen LogP contribution in [0, 0.1) is 6.92 Å². The van der Waals surface area contributed by atoms with Gasteiger partial charge in [-0.2, -0.15) is 0 Å². The Labute approximate surface area is 139 Å². The summed E-state index contributed by atoms with van der Waals surface area (Å²) in [6, 6.07) is 4.17. The van der Waals surface area contributed by atoms with Crippen molar-refractivity contribution in [1.82, 2.24) is 9.80 Å². The first kappa shape index (κ1) is 16.6. The smallest absolute Gasteiger partial charge is 0.321 e. The number of anilines is 1. The molecule has 0 atom stereocenters. The molecule has 0 radical (unpaired) electrons. The minimum absolute atomic E-state index is 0.0557. The van der Waals surface area contributed by atoms with Crippen molar-refractivity contribution in [1.29, 1.82) is 0 Å². The first-order valence-corrected chi connectivity index (χ1v) is 8.31. The molecule has 0 aromatic heterocycles. The Morgan fingerprint density at radius 1 is 1.29 bits per heavy atom. The number of aryl methyl sites for hydroxylation is 1. The molecule has 0 bridgehead atoms. The van der Waals surface area contributed by atoms with Gasteiger partial charge in [0.05, 0.1) is 5.02 Å². The number of urea groups is 1. The highest BCUT2D eigenvalue weighted by Crippen LogP contribution is 2.29. The number of hydrogen-bond acceptors (Lipinski definition) is 2. The van der Waals surface area contributed by atoms with Crippen LogP contribution in [0.1, 0.15) is 19.4 Å². The molecular formula is C15H21BrClN3O. The van der Waals surface area contributed by atoms with E-state index in [2.05, 4.69) is 40.0 Å². The zero-order valence-corrected chi connectivity index (χ0v) is 15.0. The fourth-order valence-corrected chi connectivity index (χ4v) is 3.04. The first-order valence-electron chi connectivity index (χ1n) is 7.14. The zero-order valence-electron chi connectivity index (χ0n) is 12.6. The van der Waals surface area contributed by atoms with Gasteiger partial charge in [-0.1, -0.05) is 11.6 Å². The Hall–Kier alpha value is -0.780. The third-order valence-corrected chi connectivity index (χ3v) is 5.04. The number of hydrogen-bond donors (Lipinski definition) is 1. The van der Waals surface area contributed by atoms with Crippen molar-refractivity contribution in [2.45, 2.75) is 26.8 Å². The number of carbonyl (C=O) groups excluding carboxylic acids is 1. The SMILES string of the molecule is Cc1cc(Br)c(Cl)cc1NC(=O)N1CCN(C(C)C)CC1. The summed E-state index contributed by atoms with van der Waals surface area (Å²) in [5.74, 6) is 0. The summed E-state index contributed by atoms with van der Waals surface area (Å²) >= 11 is 9.47. The molecule has 2 rings (SSSR count). The summed E-state index contributed by atoms with van der Waals surface area (Å²) in [6.07, 6.45) is 0. The van der Waals surface area contributed by atoms with E-state index in [-0.39, 0.29) is 6.03 Å². The van der Waals surface area contributed by atoms with Gasteiger partial charge in [0, 0.05) is 42.4 Å². The maximum absolute atomic E-state index is 12.3. The molecule has 0 saturated carbocycles. The molecule has 4 nitrogen and oxygen atoms in total. The lowest BCUT2D eigenvalue weighted by molar-refractivity contribution is 0.125. The number of rotatable bonds is 2. The van der Waals surface area contributed by atoms with Gasteiger partial charge in [-0.3, -0.25) is 4.90 Å². The second-order valence-corrected chi connectivity index (χ2v) is 6.89. The Morgan fingerprint density at radius 2 is 1.90 bits per heavy atom. The summed E-state index contributed by atoms with van der Waals surface area (Å²) in [5, 5.41) is 3.55. The van der Waals surface area contributed by atoms with E-state index < -0.39 is 0 Å². The Morgan fingerprint density at radius 3 is 2.48 bits per heavy atom. The molecule has 1 saturated heterocycles. The van der Waals surface area contributed by atoms with Gasteiger partial charge in [0.2, 0.25) is 0 Å². The summed E-state index contributed by atoms with van der Waals surface area (Å²) in [7, 11) is 0. The number of benzene rings is 1. The monoisotopic (exact) mass is 373 g/mol. The van der Waals surface area contributed by atoms with Crippen molar-refractivity contribution in [3.8, 4) is 0 Å². The molecule has 1 aliphatic rings. The van der Waals surface area contributed by atoms with Crippen LogP contribution < -0.4 is 5.32 Å². The lowest BCUT2D eigenvalue weighted by Gasteiger charge is -2.36. The van der Waals surface area contributed by atoms with Crippen molar-refractivity contribution < 1.29 is 4.79 Å². The van der Waals surface area contributed by atoms with Gasteiger partial charge in [0.15, 0.2) is 0 Å². The number of piperazine rings is 1. The molecule has 21 heavy (non-hydrogen) atoms.